The van der Waals surface area contributed by atoms with Gasteiger partial charge in [-0.1, -0.05) is 12.1 Å². The van der Waals surface area contributed by atoms with E-state index in [1.165, 1.54) is 25.3 Å². The molecule has 1 fully saturated rings. The third kappa shape index (κ3) is 2.19. The van der Waals surface area contributed by atoms with Crippen molar-refractivity contribution in [1.29, 1.82) is 0 Å². The van der Waals surface area contributed by atoms with Gasteiger partial charge in [0, 0.05) is 35.9 Å². The van der Waals surface area contributed by atoms with Crippen molar-refractivity contribution in [3.05, 3.63) is 40.1 Å². The minimum absolute atomic E-state index is 0.0875. The molecule has 0 aliphatic carbocycles. The molecule has 0 saturated carbocycles. The number of piperidine rings is 1. The van der Waals surface area contributed by atoms with Crippen molar-refractivity contribution in [1.82, 2.24) is 4.98 Å². The molecule has 0 atom stereocenters. The van der Waals surface area contributed by atoms with Crippen LogP contribution in [0.3, 0.4) is 0 Å². The van der Waals surface area contributed by atoms with E-state index in [1.54, 1.807) is 6.07 Å². The third-order valence-corrected chi connectivity index (χ3v) is 3.82. The Bertz CT molecular complexity index is 663. The number of pyridine rings is 1. The zero-order valence-electron chi connectivity index (χ0n) is 11.5. The smallest absolute Gasteiger partial charge is 0.295 e. The van der Waals surface area contributed by atoms with Gasteiger partial charge in [0.05, 0.1) is 4.92 Å². The maximum Gasteiger partial charge on any atom is 0.295 e. The predicted molar refractivity (Wildman–Crippen MR) is 79.2 cm³/mol. The summed E-state index contributed by atoms with van der Waals surface area (Å²) in [5.41, 5.74) is 2.49. The van der Waals surface area contributed by atoms with Crippen LogP contribution in [0.5, 0.6) is 0 Å². The Morgan fingerprint density at radius 2 is 2.00 bits per heavy atom. The van der Waals surface area contributed by atoms with E-state index < -0.39 is 0 Å². The van der Waals surface area contributed by atoms with Gasteiger partial charge in [-0.25, -0.2) is 4.98 Å². The molecule has 2 aromatic rings. The number of anilines is 1. The van der Waals surface area contributed by atoms with Crippen LogP contribution in [0.25, 0.3) is 10.9 Å². The Hall–Kier alpha value is -2.17. The molecule has 1 aromatic carbocycles. The standard InChI is InChI=1S/C15H17N3O2/c1-11-10-14(17-8-3-2-4-9-17)12-6-5-7-13(18(19)20)15(12)16-11/h5-7,10H,2-4,8-9H2,1H3. The summed E-state index contributed by atoms with van der Waals surface area (Å²) in [5.74, 6) is 0. The molecule has 1 aromatic heterocycles. The normalized spacial score (nSPS) is 15.6. The highest BCUT2D eigenvalue weighted by molar-refractivity contribution is 5.97. The molecular formula is C15H17N3O2. The van der Waals surface area contributed by atoms with E-state index in [2.05, 4.69) is 9.88 Å². The fourth-order valence-corrected chi connectivity index (χ4v) is 2.88. The first-order valence-corrected chi connectivity index (χ1v) is 6.96. The lowest BCUT2D eigenvalue weighted by Crippen LogP contribution is -2.29. The first-order valence-electron chi connectivity index (χ1n) is 6.96. The number of non-ortho nitro benzene ring substituents is 1. The number of hydrogen-bond donors (Lipinski definition) is 0. The zero-order valence-corrected chi connectivity index (χ0v) is 11.5. The summed E-state index contributed by atoms with van der Waals surface area (Å²) in [6, 6.07) is 7.23. The molecule has 1 aliphatic heterocycles. The number of aromatic nitrogens is 1. The Morgan fingerprint density at radius 1 is 1.25 bits per heavy atom. The second kappa shape index (κ2) is 5.07. The second-order valence-electron chi connectivity index (χ2n) is 5.26. The Kier molecular flexibility index (Phi) is 3.26. The number of rotatable bonds is 2. The maximum atomic E-state index is 11.2. The van der Waals surface area contributed by atoms with E-state index >= 15 is 0 Å². The first-order chi connectivity index (χ1) is 9.66. The van der Waals surface area contributed by atoms with Crippen LogP contribution in [-0.4, -0.2) is 23.0 Å². The Labute approximate surface area is 117 Å². The molecule has 0 bridgehead atoms. The van der Waals surface area contributed by atoms with Gasteiger partial charge >= 0.3 is 0 Å². The molecular weight excluding hydrogens is 254 g/mol. The fourth-order valence-electron chi connectivity index (χ4n) is 2.88. The third-order valence-electron chi connectivity index (χ3n) is 3.82. The number of aryl methyl sites for hydroxylation is 1. The van der Waals surface area contributed by atoms with Crippen LogP contribution in [0, 0.1) is 17.0 Å². The summed E-state index contributed by atoms with van der Waals surface area (Å²) >= 11 is 0. The lowest BCUT2D eigenvalue weighted by atomic mass is 10.1. The number of para-hydroxylation sites is 1. The van der Waals surface area contributed by atoms with Crippen LogP contribution in [0.15, 0.2) is 24.3 Å². The maximum absolute atomic E-state index is 11.2. The van der Waals surface area contributed by atoms with Gasteiger partial charge in [-0.15, -0.1) is 0 Å². The van der Waals surface area contributed by atoms with Gasteiger partial charge in [0.25, 0.3) is 5.69 Å². The number of nitro benzene ring substituents is 1. The molecule has 3 rings (SSSR count). The Morgan fingerprint density at radius 3 is 2.70 bits per heavy atom. The number of nitrogens with zero attached hydrogens (tertiary/aromatic N) is 3. The van der Waals surface area contributed by atoms with Gasteiger partial charge in [-0.3, -0.25) is 10.1 Å². The average molecular weight is 271 g/mol. The predicted octanol–water partition coefficient (Wildman–Crippen LogP) is 3.44. The number of hydrogen-bond acceptors (Lipinski definition) is 4. The van der Waals surface area contributed by atoms with Crippen LogP contribution >= 0.6 is 0 Å². The van der Waals surface area contributed by atoms with Crippen molar-refractivity contribution in [3.8, 4) is 0 Å². The SMILES string of the molecule is Cc1cc(N2CCCCC2)c2cccc([N+](=O)[O-])c2n1. The highest BCUT2D eigenvalue weighted by Crippen LogP contribution is 2.33. The van der Waals surface area contributed by atoms with Crippen molar-refractivity contribution >= 4 is 22.3 Å². The van der Waals surface area contributed by atoms with E-state index in [0.29, 0.717) is 5.52 Å². The topological polar surface area (TPSA) is 59.3 Å². The molecule has 0 radical (unpaired) electrons. The fraction of sp³-hybridized carbons (Fsp3) is 0.400. The molecule has 104 valence electrons. The van der Waals surface area contributed by atoms with Crippen LogP contribution < -0.4 is 4.90 Å². The summed E-state index contributed by atoms with van der Waals surface area (Å²) in [5, 5.41) is 12.0. The molecule has 0 spiro atoms. The van der Waals surface area contributed by atoms with E-state index in [0.717, 1.165) is 29.9 Å². The highest BCUT2D eigenvalue weighted by atomic mass is 16.6. The van der Waals surface area contributed by atoms with Gasteiger partial charge in [0.1, 0.15) is 0 Å². The first kappa shape index (κ1) is 12.8. The summed E-state index contributed by atoms with van der Waals surface area (Å²) in [7, 11) is 0. The minimum atomic E-state index is -0.352. The quantitative estimate of drug-likeness (QED) is 0.620. The van der Waals surface area contributed by atoms with Gasteiger partial charge in [-0.05, 0) is 32.3 Å². The number of nitro groups is 1. The largest absolute Gasteiger partial charge is 0.371 e. The van der Waals surface area contributed by atoms with Crippen molar-refractivity contribution < 1.29 is 4.92 Å². The summed E-state index contributed by atoms with van der Waals surface area (Å²) < 4.78 is 0. The van der Waals surface area contributed by atoms with Crippen molar-refractivity contribution in [2.75, 3.05) is 18.0 Å². The molecule has 20 heavy (non-hydrogen) atoms. The van der Waals surface area contributed by atoms with Crippen LogP contribution in [0.2, 0.25) is 0 Å². The van der Waals surface area contributed by atoms with Gasteiger partial charge in [0.2, 0.25) is 0 Å². The molecule has 5 heteroatoms. The molecule has 0 amide bonds. The molecule has 2 heterocycles. The number of benzene rings is 1. The molecule has 5 nitrogen and oxygen atoms in total. The monoisotopic (exact) mass is 271 g/mol. The van der Waals surface area contributed by atoms with Crippen molar-refractivity contribution in [3.63, 3.8) is 0 Å². The van der Waals surface area contributed by atoms with Gasteiger partial charge < -0.3 is 4.90 Å². The molecule has 1 aliphatic rings. The number of fused-ring (bicyclic) bond motifs is 1. The molecule has 0 unspecified atom stereocenters. The Balaban J connectivity index is 2.21. The summed E-state index contributed by atoms with van der Waals surface area (Å²) in [6.45, 7) is 3.92. The highest BCUT2D eigenvalue weighted by Gasteiger charge is 2.19. The van der Waals surface area contributed by atoms with E-state index in [9.17, 15) is 10.1 Å². The van der Waals surface area contributed by atoms with Crippen LogP contribution in [-0.2, 0) is 0 Å². The van der Waals surface area contributed by atoms with E-state index in [-0.39, 0.29) is 10.6 Å². The summed E-state index contributed by atoms with van der Waals surface area (Å²) in [4.78, 5) is 17.5. The lowest BCUT2D eigenvalue weighted by molar-refractivity contribution is -0.383. The second-order valence-corrected chi connectivity index (χ2v) is 5.26. The van der Waals surface area contributed by atoms with E-state index in [1.807, 2.05) is 19.1 Å². The van der Waals surface area contributed by atoms with E-state index in [4.69, 9.17) is 0 Å². The zero-order chi connectivity index (χ0) is 14.1. The van der Waals surface area contributed by atoms with Crippen LogP contribution in [0.4, 0.5) is 11.4 Å². The minimum Gasteiger partial charge on any atom is -0.371 e. The van der Waals surface area contributed by atoms with Gasteiger partial charge in [-0.2, -0.15) is 0 Å². The van der Waals surface area contributed by atoms with Crippen molar-refractivity contribution in [2.24, 2.45) is 0 Å². The van der Waals surface area contributed by atoms with Crippen LogP contribution in [0.1, 0.15) is 25.0 Å². The van der Waals surface area contributed by atoms with Gasteiger partial charge in [0.15, 0.2) is 5.52 Å². The summed E-state index contributed by atoms with van der Waals surface area (Å²) in [6.07, 6.45) is 3.62. The average Bonchev–Trinajstić information content (AvgIpc) is 2.46. The molecule has 0 N–H and O–H groups in total. The van der Waals surface area contributed by atoms with Crippen molar-refractivity contribution in [2.45, 2.75) is 26.2 Å². The lowest BCUT2D eigenvalue weighted by Gasteiger charge is -2.30. The molecule has 1 saturated heterocycles.